The quantitative estimate of drug-likeness (QED) is 0.500. The van der Waals surface area contributed by atoms with E-state index < -0.39 is 0 Å². The van der Waals surface area contributed by atoms with Gasteiger partial charge in [-0.3, -0.25) is 0 Å². The van der Waals surface area contributed by atoms with Crippen molar-refractivity contribution in [2.75, 3.05) is 0 Å². The predicted molar refractivity (Wildman–Crippen MR) is 41.4 cm³/mol. The number of rotatable bonds is 1. The van der Waals surface area contributed by atoms with E-state index in [0.717, 1.165) is 0 Å². The monoisotopic (exact) mass is 124 g/mol. The SMILES string of the molecule is CB(C)c1cccs1. The molecule has 1 heterocycles. The van der Waals surface area contributed by atoms with Gasteiger partial charge in [-0.15, -0.1) is 0 Å². The topological polar surface area (TPSA) is 0 Å². The minimum atomic E-state index is 0.704. The Bertz CT molecular complexity index is 144. The molecule has 0 saturated heterocycles. The van der Waals surface area contributed by atoms with Gasteiger partial charge in [0, 0.05) is 0 Å². The molecule has 1 aromatic rings. The number of hydrogen-bond acceptors (Lipinski definition) is 1. The highest BCUT2D eigenvalue weighted by Gasteiger charge is 2.00. The normalized spacial score (nSPS) is 9.25. The van der Waals surface area contributed by atoms with Crippen LogP contribution in [0.2, 0.25) is 13.6 Å². The van der Waals surface area contributed by atoms with E-state index in [1.165, 1.54) is 4.78 Å². The van der Waals surface area contributed by atoms with Gasteiger partial charge in [0.2, 0.25) is 0 Å². The Morgan fingerprint density at radius 1 is 1.50 bits per heavy atom. The summed E-state index contributed by atoms with van der Waals surface area (Å²) in [5.74, 6) is 0. The lowest BCUT2D eigenvalue weighted by Crippen LogP contribution is -2.17. The Morgan fingerprint density at radius 2 is 2.25 bits per heavy atom. The summed E-state index contributed by atoms with van der Waals surface area (Å²) >= 11 is 1.83. The van der Waals surface area contributed by atoms with E-state index >= 15 is 0 Å². The van der Waals surface area contributed by atoms with Crippen LogP contribution in [-0.2, 0) is 0 Å². The molecule has 0 aliphatic carbocycles. The fourth-order valence-corrected chi connectivity index (χ4v) is 1.36. The molecule has 8 heavy (non-hydrogen) atoms. The molecule has 0 aliphatic rings. The molecular weight excluding hydrogens is 115 g/mol. The van der Waals surface area contributed by atoms with Gasteiger partial charge in [-0.1, -0.05) is 25.8 Å². The van der Waals surface area contributed by atoms with Gasteiger partial charge < -0.3 is 0 Å². The summed E-state index contributed by atoms with van der Waals surface area (Å²) in [5, 5.41) is 2.12. The zero-order valence-electron chi connectivity index (χ0n) is 5.22. The van der Waals surface area contributed by atoms with Crippen LogP contribution in [0.3, 0.4) is 0 Å². The van der Waals surface area contributed by atoms with Gasteiger partial charge in [-0.05, 0) is 10.2 Å². The summed E-state index contributed by atoms with van der Waals surface area (Å²) in [6.45, 7) is 5.13. The lowest BCUT2D eigenvalue weighted by atomic mass is 9.54. The Morgan fingerprint density at radius 3 is 2.50 bits per heavy atom. The minimum absolute atomic E-state index is 0.704. The van der Waals surface area contributed by atoms with Crippen molar-refractivity contribution >= 4 is 22.8 Å². The van der Waals surface area contributed by atoms with E-state index in [2.05, 4.69) is 31.2 Å². The van der Waals surface area contributed by atoms with Crippen molar-refractivity contribution in [3.63, 3.8) is 0 Å². The van der Waals surface area contributed by atoms with Crippen LogP contribution in [-0.4, -0.2) is 6.71 Å². The molecule has 0 unspecified atom stereocenters. The van der Waals surface area contributed by atoms with Gasteiger partial charge in [0.05, 0.1) is 0 Å². The first kappa shape index (κ1) is 5.89. The van der Waals surface area contributed by atoms with Crippen molar-refractivity contribution in [2.45, 2.75) is 13.6 Å². The fourth-order valence-electron chi connectivity index (χ4n) is 0.620. The molecule has 0 radical (unpaired) electrons. The predicted octanol–water partition coefficient (Wildman–Crippen LogP) is 1.71. The van der Waals surface area contributed by atoms with Crippen LogP contribution < -0.4 is 4.78 Å². The Kier molecular flexibility index (Phi) is 1.74. The van der Waals surface area contributed by atoms with Crippen molar-refractivity contribution in [3.05, 3.63) is 17.5 Å². The molecule has 0 amide bonds. The van der Waals surface area contributed by atoms with Crippen LogP contribution in [0.1, 0.15) is 0 Å². The van der Waals surface area contributed by atoms with Crippen LogP contribution in [0.15, 0.2) is 17.5 Å². The largest absolute Gasteiger partial charge is 0.182 e. The molecule has 0 atom stereocenters. The third-order valence-electron chi connectivity index (χ3n) is 1.11. The summed E-state index contributed by atoms with van der Waals surface area (Å²) in [4.78, 5) is 0. The summed E-state index contributed by atoms with van der Waals surface area (Å²) in [5.41, 5.74) is 0. The van der Waals surface area contributed by atoms with Crippen molar-refractivity contribution < 1.29 is 0 Å². The molecule has 42 valence electrons. The molecular formula is C6H9BS. The maximum absolute atomic E-state index is 2.21. The van der Waals surface area contributed by atoms with Gasteiger partial charge >= 0.3 is 0 Å². The third-order valence-corrected chi connectivity index (χ3v) is 2.29. The maximum atomic E-state index is 2.21. The molecule has 0 bridgehead atoms. The second-order valence-electron chi connectivity index (χ2n) is 2.17. The smallest absolute Gasteiger partial charge is 0.159 e. The highest BCUT2D eigenvalue weighted by Crippen LogP contribution is 1.95. The van der Waals surface area contributed by atoms with Gasteiger partial charge in [0.1, 0.15) is 0 Å². The highest BCUT2D eigenvalue weighted by atomic mass is 32.1. The molecule has 0 aromatic carbocycles. The number of hydrogen-bond donors (Lipinski definition) is 0. The van der Waals surface area contributed by atoms with Crippen LogP contribution in [0.25, 0.3) is 0 Å². The Labute approximate surface area is 54.6 Å². The molecule has 0 saturated carbocycles. The molecule has 2 heteroatoms. The van der Waals surface area contributed by atoms with E-state index in [1.807, 2.05) is 11.3 Å². The standard InChI is InChI=1S/C6H9BS/c1-7(2)6-4-3-5-8-6/h3-5H,1-2H3. The van der Waals surface area contributed by atoms with Crippen molar-refractivity contribution in [3.8, 4) is 0 Å². The van der Waals surface area contributed by atoms with Gasteiger partial charge in [0.25, 0.3) is 0 Å². The van der Waals surface area contributed by atoms with Crippen LogP contribution in [0.5, 0.6) is 0 Å². The summed E-state index contributed by atoms with van der Waals surface area (Å²) in [6.07, 6.45) is 0. The van der Waals surface area contributed by atoms with E-state index in [9.17, 15) is 0 Å². The summed E-state index contributed by atoms with van der Waals surface area (Å²) in [6, 6.07) is 4.27. The Balaban J connectivity index is 2.77. The van der Waals surface area contributed by atoms with E-state index in [0.29, 0.717) is 6.71 Å². The molecule has 1 rings (SSSR count). The van der Waals surface area contributed by atoms with Crippen molar-refractivity contribution in [1.29, 1.82) is 0 Å². The first-order chi connectivity index (χ1) is 3.80. The van der Waals surface area contributed by atoms with Gasteiger partial charge in [0.15, 0.2) is 6.71 Å². The second kappa shape index (κ2) is 2.36. The molecule has 0 N–H and O–H groups in total. The number of thiophene rings is 1. The molecule has 0 fully saturated rings. The minimum Gasteiger partial charge on any atom is -0.159 e. The van der Waals surface area contributed by atoms with Crippen LogP contribution in [0.4, 0.5) is 0 Å². The Hall–Kier alpha value is -0.235. The molecule has 0 aliphatic heterocycles. The van der Waals surface area contributed by atoms with E-state index in [-0.39, 0.29) is 0 Å². The first-order valence-corrected chi connectivity index (χ1v) is 3.72. The summed E-state index contributed by atoms with van der Waals surface area (Å²) in [7, 11) is 0. The van der Waals surface area contributed by atoms with Gasteiger partial charge in [-0.25, -0.2) is 0 Å². The van der Waals surface area contributed by atoms with Gasteiger partial charge in [-0.2, -0.15) is 11.3 Å². The average molecular weight is 124 g/mol. The van der Waals surface area contributed by atoms with E-state index in [1.54, 1.807) is 0 Å². The zero-order chi connectivity index (χ0) is 5.98. The molecule has 0 spiro atoms. The van der Waals surface area contributed by atoms with E-state index in [4.69, 9.17) is 0 Å². The highest BCUT2D eigenvalue weighted by molar-refractivity contribution is 7.21. The molecule has 1 aromatic heterocycles. The lowest BCUT2D eigenvalue weighted by Gasteiger charge is -1.90. The third kappa shape index (κ3) is 1.13. The second-order valence-corrected chi connectivity index (χ2v) is 3.15. The summed E-state index contributed by atoms with van der Waals surface area (Å²) < 4.78 is 1.48. The maximum Gasteiger partial charge on any atom is 0.182 e. The zero-order valence-corrected chi connectivity index (χ0v) is 6.03. The van der Waals surface area contributed by atoms with Crippen molar-refractivity contribution in [1.82, 2.24) is 0 Å². The van der Waals surface area contributed by atoms with Crippen molar-refractivity contribution in [2.24, 2.45) is 0 Å². The van der Waals surface area contributed by atoms with Crippen LogP contribution in [0, 0.1) is 0 Å². The first-order valence-electron chi connectivity index (χ1n) is 2.84. The van der Waals surface area contributed by atoms with Crippen LogP contribution >= 0.6 is 11.3 Å². The lowest BCUT2D eigenvalue weighted by molar-refractivity contribution is 1.97. The molecule has 0 nitrogen and oxygen atoms in total. The fraction of sp³-hybridized carbons (Fsp3) is 0.333. The average Bonchev–Trinajstić information content (AvgIpc) is 2.12.